The molecule has 2 aromatic carbocycles. The number of hydroxylamine groups is 1. The van der Waals surface area contributed by atoms with E-state index in [4.69, 9.17) is 4.84 Å². The van der Waals surface area contributed by atoms with Gasteiger partial charge >= 0.3 is 0 Å². The molecular weight excluding hydrogens is 312 g/mol. The van der Waals surface area contributed by atoms with Crippen molar-refractivity contribution in [1.29, 1.82) is 0 Å². The highest BCUT2D eigenvalue weighted by molar-refractivity contribution is 7.92. The Hall–Kier alpha value is -2.73. The number of hydrogen-bond donors (Lipinski definition) is 1. The largest absolute Gasteiger partial charge is 0.391 e. The number of nitrogens with one attached hydrogen (secondary N) is 1. The SMILES string of the molecule is C=CONC(=C)c1ccc(N(C)S(=O)(=O)c2ccccc2)cc1. The molecule has 2 rings (SSSR count). The van der Waals surface area contributed by atoms with Gasteiger partial charge in [0.1, 0.15) is 6.26 Å². The quantitative estimate of drug-likeness (QED) is 0.626. The molecule has 0 aliphatic carbocycles. The number of nitrogens with zero attached hydrogens (tertiary/aromatic N) is 1. The van der Waals surface area contributed by atoms with Crippen LogP contribution in [0.5, 0.6) is 0 Å². The van der Waals surface area contributed by atoms with Gasteiger partial charge < -0.3 is 4.84 Å². The average Bonchev–Trinajstić information content (AvgIpc) is 2.59. The Morgan fingerprint density at radius 1 is 1.13 bits per heavy atom. The molecular formula is C17H18N2O3S. The third-order valence-electron chi connectivity index (χ3n) is 3.25. The molecule has 0 aliphatic heterocycles. The van der Waals surface area contributed by atoms with E-state index in [-0.39, 0.29) is 4.90 Å². The van der Waals surface area contributed by atoms with E-state index in [0.29, 0.717) is 11.4 Å². The highest BCUT2D eigenvalue weighted by atomic mass is 32.2. The van der Waals surface area contributed by atoms with Crippen molar-refractivity contribution in [3.8, 4) is 0 Å². The standard InChI is InChI=1S/C17H18N2O3S/c1-4-22-18-14(2)15-10-12-16(13-11-15)19(3)23(20,21)17-8-6-5-7-9-17/h4-13,18H,1-2H2,3H3. The van der Waals surface area contributed by atoms with Gasteiger partial charge in [-0.2, -0.15) is 0 Å². The van der Waals surface area contributed by atoms with E-state index in [1.54, 1.807) is 54.6 Å². The maximum atomic E-state index is 12.6. The van der Waals surface area contributed by atoms with Gasteiger partial charge in [-0.3, -0.25) is 4.31 Å². The van der Waals surface area contributed by atoms with Gasteiger partial charge in [-0.15, -0.1) is 0 Å². The molecule has 0 aromatic heterocycles. The molecule has 1 N–H and O–H groups in total. The van der Waals surface area contributed by atoms with Crippen LogP contribution in [0.15, 0.2) is 78.9 Å². The number of hydrogen-bond acceptors (Lipinski definition) is 4. The average molecular weight is 330 g/mol. The van der Waals surface area contributed by atoms with E-state index in [2.05, 4.69) is 18.6 Å². The monoisotopic (exact) mass is 330 g/mol. The fourth-order valence-corrected chi connectivity index (χ4v) is 3.15. The summed E-state index contributed by atoms with van der Waals surface area (Å²) >= 11 is 0. The van der Waals surface area contributed by atoms with Crippen LogP contribution in [0.25, 0.3) is 5.70 Å². The first-order chi connectivity index (χ1) is 11.0. The van der Waals surface area contributed by atoms with Crippen LogP contribution in [-0.4, -0.2) is 15.5 Å². The molecule has 2 aromatic rings. The van der Waals surface area contributed by atoms with E-state index in [0.717, 1.165) is 5.56 Å². The van der Waals surface area contributed by atoms with Crippen LogP contribution in [0.1, 0.15) is 5.56 Å². The molecule has 120 valence electrons. The third-order valence-corrected chi connectivity index (χ3v) is 5.05. The lowest BCUT2D eigenvalue weighted by Crippen LogP contribution is -2.26. The number of anilines is 1. The van der Waals surface area contributed by atoms with Gasteiger partial charge in [-0.1, -0.05) is 43.5 Å². The second kappa shape index (κ2) is 7.02. The van der Waals surface area contributed by atoms with E-state index in [1.807, 2.05) is 0 Å². The van der Waals surface area contributed by atoms with Gasteiger partial charge in [-0.05, 0) is 24.3 Å². The van der Waals surface area contributed by atoms with Crippen molar-refractivity contribution in [2.24, 2.45) is 0 Å². The van der Waals surface area contributed by atoms with Crippen LogP contribution in [0.3, 0.4) is 0 Å². The molecule has 0 saturated heterocycles. The predicted octanol–water partition coefficient (Wildman–Crippen LogP) is 3.15. The van der Waals surface area contributed by atoms with E-state index in [9.17, 15) is 8.42 Å². The van der Waals surface area contributed by atoms with Crippen molar-refractivity contribution in [3.05, 3.63) is 79.6 Å². The number of sulfonamides is 1. The summed E-state index contributed by atoms with van der Waals surface area (Å²) in [5.74, 6) is 0. The molecule has 0 atom stereocenters. The Morgan fingerprint density at radius 2 is 1.74 bits per heavy atom. The van der Waals surface area contributed by atoms with Gasteiger partial charge in [0.2, 0.25) is 0 Å². The van der Waals surface area contributed by atoms with Gasteiger partial charge in [0, 0.05) is 12.6 Å². The molecule has 0 saturated carbocycles. The molecule has 0 unspecified atom stereocenters. The lowest BCUT2D eigenvalue weighted by molar-refractivity contribution is 0.186. The zero-order valence-corrected chi connectivity index (χ0v) is 13.6. The van der Waals surface area contributed by atoms with Crippen LogP contribution >= 0.6 is 0 Å². The van der Waals surface area contributed by atoms with Crippen molar-refractivity contribution in [2.75, 3.05) is 11.4 Å². The van der Waals surface area contributed by atoms with Crippen LogP contribution in [0.4, 0.5) is 5.69 Å². The Balaban J connectivity index is 2.22. The highest BCUT2D eigenvalue weighted by Crippen LogP contribution is 2.23. The van der Waals surface area contributed by atoms with Crippen molar-refractivity contribution < 1.29 is 13.3 Å². The van der Waals surface area contributed by atoms with Crippen LogP contribution in [0.2, 0.25) is 0 Å². The van der Waals surface area contributed by atoms with Crippen molar-refractivity contribution >= 4 is 21.4 Å². The zero-order valence-electron chi connectivity index (χ0n) is 12.8. The number of benzene rings is 2. The smallest absolute Gasteiger partial charge is 0.264 e. The maximum absolute atomic E-state index is 12.6. The first kappa shape index (κ1) is 16.6. The van der Waals surface area contributed by atoms with Gasteiger partial charge in [0.15, 0.2) is 0 Å². The fourth-order valence-electron chi connectivity index (χ4n) is 1.93. The minimum absolute atomic E-state index is 0.247. The molecule has 0 aliphatic rings. The molecule has 0 amide bonds. The Morgan fingerprint density at radius 3 is 2.30 bits per heavy atom. The van der Waals surface area contributed by atoms with E-state index >= 15 is 0 Å². The Kier molecular flexibility index (Phi) is 5.08. The molecule has 0 spiro atoms. The molecule has 0 bridgehead atoms. The van der Waals surface area contributed by atoms with Crippen LogP contribution in [0, 0.1) is 0 Å². The summed E-state index contributed by atoms with van der Waals surface area (Å²) in [5, 5.41) is 0. The second-order valence-electron chi connectivity index (χ2n) is 4.70. The van der Waals surface area contributed by atoms with Gasteiger partial charge in [0.25, 0.3) is 10.0 Å². The maximum Gasteiger partial charge on any atom is 0.264 e. The van der Waals surface area contributed by atoms with Crippen molar-refractivity contribution in [1.82, 2.24) is 5.48 Å². The second-order valence-corrected chi connectivity index (χ2v) is 6.67. The molecule has 23 heavy (non-hydrogen) atoms. The molecule has 0 fully saturated rings. The Labute approximate surface area is 136 Å². The summed E-state index contributed by atoms with van der Waals surface area (Å²) < 4.78 is 26.4. The summed E-state index contributed by atoms with van der Waals surface area (Å²) in [4.78, 5) is 5.09. The van der Waals surface area contributed by atoms with E-state index < -0.39 is 10.0 Å². The lowest BCUT2D eigenvalue weighted by Gasteiger charge is -2.20. The summed E-state index contributed by atoms with van der Waals surface area (Å²) in [5.41, 5.74) is 4.49. The summed E-state index contributed by atoms with van der Waals surface area (Å²) in [6.45, 7) is 7.24. The number of rotatable bonds is 7. The minimum Gasteiger partial charge on any atom is -0.391 e. The third kappa shape index (κ3) is 3.73. The summed E-state index contributed by atoms with van der Waals surface area (Å²) in [7, 11) is -2.06. The predicted molar refractivity (Wildman–Crippen MR) is 91.9 cm³/mol. The molecule has 5 nitrogen and oxygen atoms in total. The molecule has 6 heteroatoms. The van der Waals surface area contributed by atoms with Crippen LogP contribution in [-0.2, 0) is 14.9 Å². The summed E-state index contributed by atoms with van der Waals surface area (Å²) in [6.07, 6.45) is 1.25. The lowest BCUT2D eigenvalue weighted by atomic mass is 10.1. The van der Waals surface area contributed by atoms with Crippen LogP contribution < -0.4 is 9.79 Å². The molecule has 0 radical (unpaired) electrons. The van der Waals surface area contributed by atoms with Crippen molar-refractivity contribution in [2.45, 2.75) is 4.90 Å². The van der Waals surface area contributed by atoms with Gasteiger partial charge in [0.05, 0.1) is 16.3 Å². The first-order valence-corrected chi connectivity index (χ1v) is 8.26. The Bertz CT molecular complexity index is 784. The van der Waals surface area contributed by atoms with E-state index in [1.165, 1.54) is 17.6 Å². The zero-order chi connectivity index (χ0) is 16.9. The minimum atomic E-state index is -3.58. The highest BCUT2D eigenvalue weighted by Gasteiger charge is 2.20. The topological polar surface area (TPSA) is 58.6 Å². The summed E-state index contributed by atoms with van der Waals surface area (Å²) in [6, 6.07) is 15.2. The fraction of sp³-hybridized carbons (Fsp3) is 0.0588. The normalized spacial score (nSPS) is 10.7. The molecule has 0 heterocycles. The first-order valence-electron chi connectivity index (χ1n) is 6.82. The van der Waals surface area contributed by atoms with Gasteiger partial charge in [-0.25, -0.2) is 13.9 Å². The van der Waals surface area contributed by atoms with Crippen molar-refractivity contribution in [3.63, 3.8) is 0 Å².